The molecule has 16 heavy (non-hydrogen) atoms. The molecular weight excluding hydrogens is 214 g/mol. The van der Waals surface area contributed by atoms with Crippen molar-refractivity contribution in [3.63, 3.8) is 0 Å². The molecule has 3 heterocycles. The van der Waals surface area contributed by atoms with E-state index in [1.54, 1.807) is 10.8 Å². The molecule has 3 N–H and O–H groups in total. The Hall–Kier alpha value is -1.44. The molecule has 1 aromatic rings. The second kappa shape index (κ2) is 3.27. The lowest BCUT2D eigenvalue weighted by Gasteiger charge is -2.14. The first-order valence-electron chi connectivity index (χ1n) is 4.95. The average Bonchev–Trinajstić information content (AvgIpc) is 2.75. The lowest BCUT2D eigenvalue weighted by Crippen LogP contribution is -2.34. The number of rotatable bonds is 1. The van der Waals surface area contributed by atoms with Gasteiger partial charge in [-0.1, -0.05) is 0 Å². The van der Waals surface area contributed by atoms with Gasteiger partial charge < -0.3 is 19.7 Å². The molecular formula is C9H11N3O4. The summed E-state index contributed by atoms with van der Waals surface area (Å²) in [4.78, 5) is 3.88. The molecule has 0 bridgehead atoms. The highest BCUT2D eigenvalue weighted by Gasteiger charge is 2.50. The number of aromatic nitrogens is 2. The minimum absolute atomic E-state index is 0.0967. The molecule has 0 radical (unpaired) electrons. The number of aliphatic hydroxyl groups is 2. The lowest BCUT2D eigenvalue weighted by atomic mass is 10.1. The lowest BCUT2D eigenvalue weighted by molar-refractivity contribution is -0.0434. The Morgan fingerprint density at radius 2 is 2.38 bits per heavy atom. The van der Waals surface area contributed by atoms with E-state index >= 15 is 0 Å². The Morgan fingerprint density at radius 1 is 1.56 bits per heavy atom. The molecule has 7 nitrogen and oxygen atoms in total. The highest BCUT2D eigenvalue weighted by atomic mass is 16.6. The van der Waals surface area contributed by atoms with Crippen LogP contribution in [-0.2, 0) is 4.74 Å². The fourth-order valence-electron chi connectivity index (χ4n) is 2.04. The van der Waals surface area contributed by atoms with Gasteiger partial charge in [0.05, 0.1) is 6.61 Å². The SMILES string of the molecule is N=c1ccn2c(n1)O[C@@H]1C(O)[C@@H](CO)O[C@H]12. The third kappa shape index (κ3) is 1.19. The standard InChI is InChI=1S/C9H11N3O4/c10-5-1-2-12-8-7(16-9(12)11-5)6(14)4(3-13)15-8/h1-2,4,6-8,10,13-14H,3H2/t4-,6?,7-,8-/m1/s1. The van der Waals surface area contributed by atoms with E-state index < -0.39 is 24.5 Å². The van der Waals surface area contributed by atoms with Gasteiger partial charge in [0.15, 0.2) is 17.8 Å². The van der Waals surface area contributed by atoms with Crippen LogP contribution in [0.2, 0.25) is 0 Å². The number of aliphatic hydroxyl groups excluding tert-OH is 2. The van der Waals surface area contributed by atoms with Crippen molar-refractivity contribution in [1.82, 2.24) is 9.55 Å². The zero-order chi connectivity index (χ0) is 11.3. The highest BCUT2D eigenvalue weighted by molar-refractivity contribution is 5.10. The van der Waals surface area contributed by atoms with Crippen molar-refractivity contribution in [3.05, 3.63) is 17.8 Å². The van der Waals surface area contributed by atoms with Crippen LogP contribution in [0.4, 0.5) is 0 Å². The molecule has 1 unspecified atom stereocenters. The van der Waals surface area contributed by atoms with Crippen molar-refractivity contribution >= 4 is 0 Å². The van der Waals surface area contributed by atoms with Crippen LogP contribution in [0.15, 0.2) is 12.3 Å². The molecule has 1 fully saturated rings. The van der Waals surface area contributed by atoms with E-state index in [1.165, 1.54) is 6.07 Å². The molecule has 0 spiro atoms. The third-order valence-electron chi connectivity index (χ3n) is 2.84. The molecule has 2 aliphatic heterocycles. The molecule has 0 aromatic carbocycles. The summed E-state index contributed by atoms with van der Waals surface area (Å²) in [5.74, 6) is 0. The quantitative estimate of drug-likeness (QED) is 0.533. The summed E-state index contributed by atoms with van der Waals surface area (Å²) in [5.41, 5.74) is 0.0967. The van der Waals surface area contributed by atoms with E-state index in [-0.39, 0.29) is 18.1 Å². The van der Waals surface area contributed by atoms with E-state index in [4.69, 9.17) is 20.0 Å². The summed E-state index contributed by atoms with van der Waals surface area (Å²) >= 11 is 0. The first-order chi connectivity index (χ1) is 7.70. The normalized spacial score (nSPS) is 35.6. The second-order valence-corrected chi connectivity index (χ2v) is 3.82. The van der Waals surface area contributed by atoms with Gasteiger partial charge in [0, 0.05) is 6.20 Å². The van der Waals surface area contributed by atoms with Crippen LogP contribution in [0, 0.1) is 5.41 Å². The fourth-order valence-corrected chi connectivity index (χ4v) is 2.04. The molecule has 0 aliphatic carbocycles. The minimum Gasteiger partial charge on any atom is -0.454 e. The molecule has 1 aromatic heterocycles. The Bertz CT molecular complexity index is 474. The number of ether oxygens (including phenoxy) is 2. The van der Waals surface area contributed by atoms with Crippen LogP contribution in [0.5, 0.6) is 6.01 Å². The van der Waals surface area contributed by atoms with Crippen molar-refractivity contribution in [2.45, 2.75) is 24.5 Å². The van der Waals surface area contributed by atoms with E-state index in [0.717, 1.165) is 0 Å². The van der Waals surface area contributed by atoms with E-state index in [2.05, 4.69) is 4.98 Å². The molecule has 0 amide bonds. The van der Waals surface area contributed by atoms with Crippen LogP contribution in [-0.4, -0.2) is 44.7 Å². The minimum atomic E-state index is -0.883. The summed E-state index contributed by atoms with van der Waals surface area (Å²) < 4.78 is 12.5. The summed E-state index contributed by atoms with van der Waals surface area (Å²) in [5, 5.41) is 26.1. The van der Waals surface area contributed by atoms with Crippen molar-refractivity contribution in [2.75, 3.05) is 6.61 Å². The second-order valence-electron chi connectivity index (χ2n) is 3.82. The topological polar surface area (TPSA) is 101 Å². The zero-order valence-electron chi connectivity index (χ0n) is 8.28. The van der Waals surface area contributed by atoms with Crippen molar-refractivity contribution < 1.29 is 19.7 Å². The van der Waals surface area contributed by atoms with Crippen LogP contribution >= 0.6 is 0 Å². The maximum Gasteiger partial charge on any atom is 0.301 e. The maximum absolute atomic E-state index is 9.80. The van der Waals surface area contributed by atoms with E-state index in [9.17, 15) is 5.11 Å². The Morgan fingerprint density at radius 3 is 3.12 bits per heavy atom. The number of nitrogens with zero attached hydrogens (tertiary/aromatic N) is 2. The molecule has 3 rings (SSSR count). The molecule has 0 saturated carbocycles. The molecule has 7 heteroatoms. The maximum atomic E-state index is 9.80. The van der Waals surface area contributed by atoms with Gasteiger partial charge in [-0.05, 0) is 6.07 Å². The smallest absolute Gasteiger partial charge is 0.301 e. The molecule has 4 atom stereocenters. The van der Waals surface area contributed by atoms with Gasteiger partial charge in [0.1, 0.15) is 12.2 Å². The van der Waals surface area contributed by atoms with Crippen LogP contribution in [0.3, 0.4) is 0 Å². The van der Waals surface area contributed by atoms with E-state index in [1.807, 2.05) is 0 Å². The Labute approximate surface area is 90.4 Å². The predicted octanol–water partition coefficient (Wildman–Crippen LogP) is -1.63. The van der Waals surface area contributed by atoms with Gasteiger partial charge in [-0.25, -0.2) is 0 Å². The third-order valence-corrected chi connectivity index (χ3v) is 2.84. The Kier molecular flexibility index (Phi) is 2.00. The first kappa shape index (κ1) is 9.76. The molecule has 1 saturated heterocycles. The van der Waals surface area contributed by atoms with Crippen LogP contribution in [0.1, 0.15) is 6.23 Å². The summed E-state index contributed by atoms with van der Waals surface area (Å²) in [6.07, 6.45) is -0.930. The van der Waals surface area contributed by atoms with Gasteiger partial charge in [-0.15, -0.1) is 0 Å². The highest BCUT2D eigenvalue weighted by Crippen LogP contribution is 2.38. The van der Waals surface area contributed by atoms with Crippen LogP contribution < -0.4 is 10.2 Å². The summed E-state index contributed by atoms with van der Waals surface area (Å²) in [6.45, 7) is -0.253. The zero-order valence-corrected chi connectivity index (χ0v) is 8.28. The first-order valence-corrected chi connectivity index (χ1v) is 4.95. The molecule has 86 valence electrons. The fraction of sp³-hybridized carbons (Fsp3) is 0.556. The summed E-state index contributed by atoms with van der Waals surface area (Å²) in [7, 11) is 0. The van der Waals surface area contributed by atoms with Gasteiger partial charge in [0.2, 0.25) is 0 Å². The van der Waals surface area contributed by atoms with Crippen molar-refractivity contribution in [3.8, 4) is 6.01 Å². The largest absolute Gasteiger partial charge is 0.454 e. The number of hydrogen-bond donors (Lipinski definition) is 3. The van der Waals surface area contributed by atoms with Crippen LogP contribution in [0.25, 0.3) is 0 Å². The van der Waals surface area contributed by atoms with Gasteiger partial charge >= 0.3 is 6.01 Å². The number of hydrogen-bond acceptors (Lipinski definition) is 6. The van der Waals surface area contributed by atoms with Gasteiger partial charge in [-0.2, -0.15) is 4.98 Å². The van der Waals surface area contributed by atoms with Gasteiger partial charge in [-0.3, -0.25) is 9.98 Å². The van der Waals surface area contributed by atoms with E-state index in [0.29, 0.717) is 0 Å². The average molecular weight is 225 g/mol. The monoisotopic (exact) mass is 225 g/mol. The summed E-state index contributed by atoms with van der Waals surface area (Å²) in [6, 6.07) is 1.77. The van der Waals surface area contributed by atoms with Crippen molar-refractivity contribution in [2.24, 2.45) is 0 Å². The Balaban J connectivity index is 1.99. The number of nitrogens with one attached hydrogen (secondary N) is 1. The predicted molar refractivity (Wildman–Crippen MR) is 49.5 cm³/mol. The number of fused-ring (bicyclic) bond motifs is 3. The molecule has 2 aliphatic rings. The van der Waals surface area contributed by atoms with Gasteiger partial charge in [0.25, 0.3) is 0 Å². The van der Waals surface area contributed by atoms with Crippen molar-refractivity contribution in [1.29, 1.82) is 5.41 Å².